The summed E-state index contributed by atoms with van der Waals surface area (Å²) in [5.74, 6) is 0.748. The van der Waals surface area contributed by atoms with E-state index in [4.69, 9.17) is 0 Å². The fourth-order valence-corrected chi connectivity index (χ4v) is 2.38. The van der Waals surface area contributed by atoms with Crippen molar-refractivity contribution in [2.24, 2.45) is 0 Å². The van der Waals surface area contributed by atoms with Crippen LogP contribution in [0.25, 0.3) is 0 Å². The molecular formula is C9H19N5O2S. The Bertz CT molecular complexity index is 428. The first-order valence-corrected chi connectivity index (χ1v) is 7.23. The van der Waals surface area contributed by atoms with Crippen molar-refractivity contribution in [3.8, 4) is 0 Å². The third-order valence-electron chi connectivity index (χ3n) is 2.33. The summed E-state index contributed by atoms with van der Waals surface area (Å²) < 4.78 is 27.5. The summed E-state index contributed by atoms with van der Waals surface area (Å²) in [7, 11) is -1.43. The Morgan fingerprint density at radius 2 is 2.24 bits per heavy atom. The monoisotopic (exact) mass is 261 g/mol. The number of rotatable bonds is 8. The van der Waals surface area contributed by atoms with E-state index in [0.29, 0.717) is 18.8 Å². The fraction of sp³-hybridized carbons (Fsp3) is 0.778. The average molecular weight is 261 g/mol. The summed E-state index contributed by atoms with van der Waals surface area (Å²) in [6.45, 7) is 3.56. The average Bonchev–Trinajstić information content (AvgIpc) is 2.74. The largest absolute Gasteiger partial charge is 0.320 e. The van der Waals surface area contributed by atoms with Crippen LogP contribution in [0.3, 0.4) is 0 Å². The van der Waals surface area contributed by atoms with Gasteiger partial charge in [-0.25, -0.2) is 13.1 Å². The molecule has 0 bridgehead atoms. The van der Waals surface area contributed by atoms with Crippen LogP contribution in [0.15, 0.2) is 6.33 Å². The quantitative estimate of drug-likeness (QED) is 0.606. The summed E-state index contributed by atoms with van der Waals surface area (Å²) in [6, 6.07) is 0. The van der Waals surface area contributed by atoms with Gasteiger partial charge in [0.05, 0.1) is 12.3 Å². The summed E-state index contributed by atoms with van der Waals surface area (Å²) in [4.78, 5) is 0. The van der Waals surface area contributed by atoms with Crippen molar-refractivity contribution in [3.63, 3.8) is 0 Å². The van der Waals surface area contributed by atoms with Crippen molar-refractivity contribution in [2.45, 2.75) is 26.4 Å². The molecule has 1 heterocycles. The third kappa shape index (κ3) is 4.80. The van der Waals surface area contributed by atoms with E-state index in [2.05, 4.69) is 20.2 Å². The van der Waals surface area contributed by atoms with Crippen LogP contribution in [0.2, 0.25) is 0 Å². The Labute approximate surface area is 102 Å². The number of aryl methyl sites for hydroxylation is 1. The molecule has 8 heteroatoms. The van der Waals surface area contributed by atoms with Gasteiger partial charge in [-0.3, -0.25) is 0 Å². The first-order valence-electron chi connectivity index (χ1n) is 5.57. The van der Waals surface area contributed by atoms with Crippen LogP contribution in [-0.4, -0.2) is 42.5 Å². The molecular weight excluding hydrogens is 242 g/mol. The highest BCUT2D eigenvalue weighted by Crippen LogP contribution is 1.96. The minimum atomic E-state index is -3.23. The van der Waals surface area contributed by atoms with Crippen molar-refractivity contribution in [3.05, 3.63) is 12.2 Å². The maximum absolute atomic E-state index is 11.6. The smallest absolute Gasteiger partial charge is 0.212 e. The minimum Gasteiger partial charge on any atom is -0.320 e. The van der Waals surface area contributed by atoms with Crippen LogP contribution in [0.4, 0.5) is 0 Å². The zero-order valence-electron chi connectivity index (χ0n) is 10.2. The van der Waals surface area contributed by atoms with E-state index in [-0.39, 0.29) is 12.3 Å². The molecule has 0 spiro atoms. The number of hydrogen-bond donors (Lipinski definition) is 2. The molecule has 0 aliphatic heterocycles. The molecule has 0 saturated carbocycles. The van der Waals surface area contributed by atoms with E-state index in [1.165, 1.54) is 0 Å². The standard InChI is InChI=1S/C9H19N5O2S/c1-3-14-8-11-13-9(14)7-12-17(15,16)6-4-5-10-2/h8,10,12H,3-7H2,1-2H3. The molecule has 1 rings (SSSR count). The summed E-state index contributed by atoms with van der Waals surface area (Å²) in [6.07, 6.45) is 2.18. The van der Waals surface area contributed by atoms with Gasteiger partial charge in [-0.05, 0) is 26.9 Å². The van der Waals surface area contributed by atoms with Crippen LogP contribution < -0.4 is 10.0 Å². The first-order chi connectivity index (χ1) is 8.09. The number of hydrogen-bond acceptors (Lipinski definition) is 5. The molecule has 0 saturated heterocycles. The van der Waals surface area contributed by atoms with E-state index < -0.39 is 10.0 Å². The maximum atomic E-state index is 11.6. The van der Waals surface area contributed by atoms with E-state index in [9.17, 15) is 8.42 Å². The van der Waals surface area contributed by atoms with Crippen LogP contribution in [-0.2, 0) is 23.1 Å². The highest BCUT2D eigenvalue weighted by Gasteiger charge is 2.11. The predicted octanol–water partition coefficient (Wildman–Crippen LogP) is -0.673. The molecule has 0 unspecified atom stereocenters. The van der Waals surface area contributed by atoms with Crippen molar-refractivity contribution < 1.29 is 8.42 Å². The summed E-state index contributed by atoms with van der Waals surface area (Å²) in [5.41, 5.74) is 0. The second kappa shape index (κ2) is 6.67. The van der Waals surface area contributed by atoms with Crippen LogP contribution >= 0.6 is 0 Å². The van der Waals surface area contributed by atoms with Crippen molar-refractivity contribution in [2.75, 3.05) is 19.3 Å². The second-order valence-corrected chi connectivity index (χ2v) is 5.56. The minimum absolute atomic E-state index is 0.119. The Kier molecular flexibility index (Phi) is 5.52. The van der Waals surface area contributed by atoms with Crippen molar-refractivity contribution in [1.82, 2.24) is 24.8 Å². The number of nitrogens with zero attached hydrogens (tertiary/aromatic N) is 3. The third-order valence-corrected chi connectivity index (χ3v) is 3.74. The van der Waals surface area contributed by atoms with Gasteiger partial charge in [0.2, 0.25) is 10.0 Å². The molecule has 0 atom stereocenters. The Balaban J connectivity index is 2.44. The lowest BCUT2D eigenvalue weighted by atomic mass is 10.5. The highest BCUT2D eigenvalue weighted by atomic mass is 32.2. The topological polar surface area (TPSA) is 88.9 Å². The Hall–Kier alpha value is -0.990. The van der Waals surface area contributed by atoms with Gasteiger partial charge in [0.25, 0.3) is 0 Å². The Morgan fingerprint density at radius 1 is 1.47 bits per heavy atom. The number of aromatic nitrogens is 3. The van der Waals surface area contributed by atoms with E-state index in [1.807, 2.05) is 6.92 Å². The van der Waals surface area contributed by atoms with Gasteiger partial charge < -0.3 is 9.88 Å². The lowest BCUT2D eigenvalue weighted by molar-refractivity contribution is 0.571. The molecule has 1 aromatic rings. The van der Waals surface area contributed by atoms with Crippen molar-refractivity contribution >= 4 is 10.0 Å². The zero-order valence-corrected chi connectivity index (χ0v) is 11.0. The lowest BCUT2D eigenvalue weighted by Crippen LogP contribution is -2.28. The zero-order chi connectivity index (χ0) is 12.7. The van der Waals surface area contributed by atoms with Crippen LogP contribution in [0, 0.1) is 0 Å². The molecule has 1 aromatic heterocycles. The fourth-order valence-electron chi connectivity index (χ4n) is 1.37. The molecule has 17 heavy (non-hydrogen) atoms. The molecule has 0 fully saturated rings. The normalized spacial score (nSPS) is 11.9. The first kappa shape index (κ1) is 14.1. The lowest BCUT2D eigenvalue weighted by Gasteiger charge is -2.06. The van der Waals surface area contributed by atoms with Gasteiger partial charge >= 0.3 is 0 Å². The van der Waals surface area contributed by atoms with Crippen LogP contribution in [0.5, 0.6) is 0 Å². The van der Waals surface area contributed by atoms with Crippen molar-refractivity contribution in [1.29, 1.82) is 0 Å². The molecule has 7 nitrogen and oxygen atoms in total. The van der Waals surface area contributed by atoms with Gasteiger partial charge in [-0.15, -0.1) is 10.2 Å². The van der Waals surface area contributed by atoms with E-state index >= 15 is 0 Å². The summed E-state index contributed by atoms with van der Waals surface area (Å²) >= 11 is 0. The molecule has 0 aliphatic carbocycles. The van der Waals surface area contributed by atoms with E-state index in [0.717, 1.165) is 6.54 Å². The van der Waals surface area contributed by atoms with Gasteiger partial charge in [0.15, 0.2) is 0 Å². The number of nitrogens with one attached hydrogen (secondary N) is 2. The number of sulfonamides is 1. The molecule has 0 aliphatic rings. The molecule has 98 valence electrons. The highest BCUT2D eigenvalue weighted by molar-refractivity contribution is 7.89. The maximum Gasteiger partial charge on any atom is 0.212 e. The van der Waals surface area contributed by atoms with Gasteiger partial charge in [-0.2, -0.15) is 0 Å². The Morgan fingerprint density at radius 3 is 2.88 bits per heavy atom. The van der Waals surface area contributed by atoms with E-state index in [1.54, 1.807) is 17.9 Å². The molecule has 0 radical (unpaired) electrons. The second-order valence-electron chi connectivity index (χ2n) is 3.63. The summed E-state index contributed by atoms with van der Waals surface area (Å²) in [5, 5.41) is 10.5. The van der Waals surface area contributed by atoms with Gasteiger partial charge in [0, 0.05) is 6.54 Å². The van der Waals surface area contributed by atoms with Crippen LogP contribution in [0.1, 0.15) is 19.2 Å². The molecule has 0 aromatic carbocycles. The molecule has 0 amide bonds. The molecule has 2 N–H and O–H groups in total. The van der Waals surface area contributed by atoms with Gasteiger partial charge in [0.1, 0.15) is 12.2 Å². The van der Waals surface area contributed by atoms with Gasteiger partial charge in [-0.1, -0.05) is 0 Å². The SMILES string of the molecule is CCn1cnnc1CNS(=O)(=O)CCCNC. The predicted molar refractivity (Wildman–Crippen MR) is 64.9 cm³/mol.